The summed E-state index contributed by atoms with van der Waals surface area (Å²) in [5, 5.41) is 2.87. The van der Waals surface area contributed by atoms with Gasteiger partial charge in [0.1, 0.15) is 5.75 Å². The van der Waals surface area contributed by atoms with Crippen LogP contribution in [0.15, 0.2) is 48.5 Å². The number of para-hydroxylation sites is 1. The Balaban J connectivity index is 1.75. The van der Waals surface area contributed by atoms with Crippen molar-refractivity contribution >= 4 is 40.7 Å². The summed E-state index contributed by atoms with van der Waals surface area (Å²) < 4.78 is 5.30. The van der Waals surface area contributed by atoms with Gasteiger partial charge in [0, 0.05) is 5.56 Å². The Morgan fingerprint density at radius 2 is 1.74 bits per heavy atom. The Morgan fingerprint density at radius 3 is 2.37 bits per heavy atom. The van der Waals surface area contributed by atoms with Crippen LogP contribution in [0.25, 0.3) is 0 Å². The van der Waals surface area contributed by atoms with Gasteiger partial charge in [-0.2, -0.15) is 0 Å². The van der Waals surface area contributed by atoms with Crippen LogP contribution >= 0.6 is 23.8 Å². The average Bonchev–Trinajstić information content (AvgIpc) is 2.65. The van der Waals surface area contributed by atoms with Crippen LogP contribution in [0.3, 0.4) is 0 Å². The SMILES string of the molecule is CC(C)c1ccc(C(=O)NC(=S)NNC(=O)COc2ccccc2Cl)cc1. The predicted molar refractivity (Wildman–Crippen MR) is 109 cm³/mol. The summed E-state index contributed by atoms with van der Waals surface area (Å²) in [5.41, 5.74) is 6.40. The van der Waals surface area contributed by atoms with Crippen LogP contribution in [0.5, 0.6) is 5.75 Å². The molecule has 142 valence electrons. The zero-order chi connectivity index (χ0) is 19.8. The zero-order valence-electron chi connectivity index (χ0n) is 14.9. The molecular formula is C19H20ClN3O3S. The van der Waals surface area contributed by atoms with E-state index < -0.39 is 5.91 Å². The Morgan fingerprint density at radius 1 is 1.07 bits per heavy atom. The van der Waals surface area contributed by atoms with Gasteiger partial charge in [-0.15, -0.1) is 0 Å². The third-order valence-electron chi connectivity index (χ3n) is 3.58. The van der Waals surface area contributed by atoms with E-state index in [9.17, 15) is 9.59 Å². The van der Waals surface area contributed by atoms with E-state index in [1.165, 1.54) is 0 Å². The fourth-order valence-electron chi connectivity index (χ4n) is 2.09. The summed E-state index contributed by atoms with van der Waals surface area (Å²) in [6.07, 6.45) is 0. The second kappa shape index (κ2) is 9.89. The third kappa shape index (κ3) is 6.54. The van der Waals surface area contributed by atoms with E-state index in [2.05, 4.69) is 30.0 Å². The highest BCUT2D eigenvalue weighted by molar-refractivity contribution is 7.80. The van der Waals surface area contributed by atoms with Gasteiger partial charge in [0.05, 0.1) is 5.02 Å². The number of carbonyl (C=O) groups is 2. The molecule has 0 unspecified atom stereocenters. The van der Waals surface area contributed by atoms with Crippen LogP contribution in [-0.4, -0.2) is 23.5 Å². The van der Waals surface area contributed by atoms with Gasteiger partial charge < -0.3 is 4.74 Å². The third-order valence-corrected chi connectivity index (χ3v) is 4.09. The molecule has 0 fully saturated rings. The number of carbonyl (C=O) groups excluding carboxylic acids is 2. The van der Waals surface area contributed by atoms with E-state index in [0.29, 0.717) is 22.3 Å². The van der Waals surface area contributed by atoms with E-state index in [1.807, 2.05) is 12.1 Å². The molecule has 0 saturated heterocycles. The molecule has 0 heterocycles. The van der Waals surface area contributed by atoms with E-state index in [-0.39, 0.29) is 17.6 Å². The van der Waals surface area contributed by atoms with E-state index >= 15 is 0 Å². The molecule has 8 heteroatoms. The quantitative estimate of drug-likeness (QED) is 0.526. The first-order valence-electron chi connectivity index (χ1n) is 8.24. The summed E-state index contributed by atoms with van der Waals surface area (Å²) in [7, 11) is 0. The summed E-state index contributed by atoms with van der Waals surface area (Å²) in [6, 6.07) is 14.0. The lowest BCUT2D eigenvalue weighted by Gasteiger charge is -2.12. The standard InChI is InChI=1S/C19H20ClN3O3S/c1-12(2)13-7-9-14(10-8-13)18(25)21-19(27)23-22-17(24)11-26-16-6-4-3-5-15(16)20/h3-10,12H,11H2,1-2H3,(H,22,24)(H2,21,23,25,27). The van der Waals surface area contributed by atoms with E-state index in [1.54, 1.807) is 36.4 Å². The van der Waals surface area contributed by atoms with Crippen molar-refractivity contribution in [1.29, 1.82) is 0 Å². The number of nitrogens with one attached hydrogen (secondary N) is 3. The monoisotopic (exact) mass is 405 g/mol. The molecule has 2 rings (SSSR count). The summed E-state index contributed by atoms with van der Waals surface area (Å²) >= 11 is 10.9. The second-order valence-electron chi connectivity index (χ2n) is 5.95. The molecular weight excluding hydrogens is 386 g/mol. The number of hydrogen-bond donors (Lipinski definition) is 3. The maximum atomic E-state index is 12.1. The number of benzene rings is 2. The van der Waals surface area contributed by atoms with Gasteiger partial charge in [-0.3, -0.25) is 25.8 Å². The number of amides is 2. The average molecular weight is 406 g/mol. The largest absolute Gasteiger partial charge is 0.482 e. The lowest BCUT2D eigenvalue weighted by atomic mass is 10.0. The molecule has 3 N–H and O–H groups in total. The number of thiocarbonyl (C=S) groups is 1. The van der Waals surface area contributed by atoms with Gasteiger partial charge in [0.15, 0.2) is 11.7 Å². The fourth-order valence-corrected chi connectivity index (χ4v) is 2.43. The number of rotatable bonds is 5. The Hall–Kier alpha value is -2.64. The molecule has 0 spiro atoms. The number of hydrazine groups is 1. The molecule has 6 nitrogen and oxygen atoms in total. The Bertz CT molecular complexity index is 825. The second-order valence-corrected chi connectivity index (χ2v) is 6.77. The lowest BCUT2D eigenvalue weighted by Crippen LogP contribution is -2.49. The molecule has 2 aromatic rings. The highest BCUT2D eigenvalue weighted by atomic mass is 35.5. The van der Waals surface area contributed by atoms with Crippen LogP contribution in [0, 0.1) is 0 Å². The number of halogens is 1. The normalized spacial score (nSPS) is 10.2. The molecule has 0 aliphatic rings. The highest BCUT2D eigenvalue weighted by Gasteiger charge is 2.10. The molecule has 0 saturated carbocycles. The Labute approximate surface area is 168 Å². The van der Waals surface area contributed by atoms with Crippen molar-refractivity contribution in [2.24, 2.45) is 0 Å². The van der Waals surface area contributed by atoms with Crippen LogP contribution in [0.1, 0.15) is 35.7 Å². The first kappa shape index (κ1) is 20.7. The van der Waals surface area contributed by atoms with Gasteiger partial charge >= 0.3 is 0 Å². The lowest BCUT2D eigenvalue weighted by molar-refractivity contribution is -0.123. The minimum Gasteiger partial charge on any atom is -0.482 e. The van der Waals surface area contributed by atoms with Crippen molar-refractivity contribution < 1.29 is 14.3 Å². The van der Waals surface area contributed by atoms with Crippen molar-refractivity contribution in [2.45, 2.75) is 19.8 Å². The van der Waals surface area contributed by atoms with Crippen molar-refractivity contribution in [2.75, 3.05) is 6.61 Å². The zero-order valence-corrected chi connectivity index (χ0v) is 16.5. The van der Waals surface area contributed by atoms with Gasteiger partial charge in [-0.25, -0.2) is 0 Å². The molecule has 2 aromatic carbocycles. The fraction of sp³-hybridized carbons (Fsp3) is 0.211. The van der Waals surface area contributed by atoms with Crippen molar-refractivity contribution in [3.63, 3.8) is 0 Å². The van der Waals surface area contributed by atoms with Crippen LogP contribution in [-0.2, 0) is 4.79 Å². The molecule has 2 amide bonds. The molecule has 0 aromatic heterocycles. The van der Waals surface area contributed by atoms with Crippen LogP contribution in [0.4, 0.5) is 0 Å². The van der Waals surface area contributed by atoms with Gasteiger partial charge in [-0.1, -0.05) is 49.7 Å². The molecule has 0 aliphatic heterocycles. The van der Waals surface area contributed by atoms with Crippen molar-refractivity contribution in [3.05, 3.63) is 64.7 Å². The molecule has 27 heavy (non-hydrogen) atoms. The van der Waals surface area contributed by atoms with Gasteiger partial charge in [-0.05, 0) is 48.0 Å². The molecule has 0 bridgehead atoms. The molecule has 0 atom stereocenters. The summed E-state index contributed by atoms with van der Waals surface area (Å²) in [5.74, 6) is -0.0692. The summed E-state index contributed by atoms with van der Waals surface area (Å²) in [4.78, 5) is 23.9. The minimum absolute atomic E-state index is 0.0287. The maximum absolute atomic E-state index is 12.1. The minimum atomic E-state index is -0.479. The van der Waals surface area contributed by atoms with E-state index in [4.69, 9.17) is 28.6 Å². The predicted octanol–water partition coefficient (Wildman–Crippen LogP) is 3.18. The maximum Gasteiger partial charge on any atom is 0.276 e. The highest BCUT2D eigenvalue weighted by Crippen LogP contribution is 2.22. The van der Waals surface area contributed by atoms with Gasteiger partial charge in [0.25, 0.3) is 11.8 Å². The van der Waals surface area contributed by atoms with Crippen molar-refractivity contribution in [3.8, 4) is 5.75 Å². The molecule has 0 aliphatic carbocycles. The molecule has 0 radical (unpaired) electrons. The smallest absolute Gasteiger partial charge is 0.276 e. The first-order valence-corrected chi connectivity index (χ1v) is 9.03. The Kier molecular flexibility index (Phi) is 7.57. The van der Waals surface area contributed by atoms with Gasteiger partial charge in [0.2, 0.25) is 0 Å². The van der Waals surface area contributed by atoms with E-state index in [0.717, 1.165) is 5.56 Å². The summed E-state index contributed by atoms with van der Waals surface area (Å²) in [6.45, 7) is 3.89. The number of hydrogen-bond acceptors (Lipinski definition) is 4. The first-order chi connectivity index (χ1) is 12.9. The van der Waals surface area contributed by atoms with Crippen LogP contribution in [0.2, 0.25) is 5.02 Å². The van der Waals surface area contributed by atoms with Crippen molar-refractivity contribution in [1.82, 2.24) is 16.2 Å². The topological polar surface area (TPSA) is 79.5 Å². The number of ether oxygens (including phenoxy) is 1. The van der Waals surface area contributed by atoms with Crippen LogP contribution < -0.4 is 20.9 Å².